The Morgan fingerprint density at radius 2 is 1.68 bits per heavy atom. The number of nitrogens with two attached hydrogens (primary N) is 1. The Morgan fingerprint density at radius 3 is 2.16 bits per heavy atom. The normalized spacial score (nSPS) is 11.6. The first kappa shape index (κ1) is 14.9. The number of ketones is 1. The van der Waals surface area contributed by atoms with Gasteiger partial charge in [0, 0.05) is 6.07 Å². The molecule has 0 fully saturated rings. The van der Waals surface area contributed by atoms with Gasteiger partial charge in [-0.3, -0.25) is 4.79 Å². The molecular formula is C12H14FNO5. The molecule has 0 aliphatic heterocycles. The largest absolute Gasteiger partial charge is 0.493 e. The van der Waals surface area contributed by atoms with Gasteiger partial charge >= 0.3 is 5.97 Å². The van der Waals surface area contributed by atoms with Crippen molar-refractivity contribution in [2.24, 2.45) is 5.73 Å². The molecule has 104 valence electrons. The molecule has 0 aliphatic rings. The summed E-state index contributed by atoms with van der Waals surface area (Å²) in [5.41, 5.74) is 5.01. The van der Waals surface area contributed by atoms with Gasteiger partial charge in [-0.1, -0.05) is 0 Å². The van der Waals surface area contributed by atoms with E-state index in [0.29, 0.717) is 0 Å². The molecule has 0 bridgehead atoms. The van der Waals surface area contributed by atoms with Gasteiger partial charge in [-0.05, 0) is 6.07 Å². The van der Waals surface area contributed by atoms with Crippen LogP contribution in [0.5, 0.6) is 11.5 Å². The lowest BCUT2D eigenvalue weighted by atomic mass is 10.0. The van der Waals surface area contributed by atoms with Crippen molar-refractivity contribution >= 4 is 11.8 Å². The predicted octanol–water partition coefficient (Wildman–Crippen LogP) is 0.526. The van der Waals surface area contributed by atoms with E-state index in [4.69, 9.17) is 15.2 Å². The van der Waals surface area contributed by atoms with Gasteiger partial charge in [0.05, 0.1) is 26.9 Å². The van der Waals surface area contributed by atoms with E-state index in [1.54, 1.807) is 0 Å². The summed E-state index contributed by atoms with van der Waals surface area (Å²) >= 11 is 0. The molecule has 2 N–H and O–H groups in total. The summed E-state index contributed by atoms with van der Waals surface area (Å²) in [6.45, 7) is 0. The number of hydrogen-bond donors (Lipinski definition) is 1. The fourth-order valence-electron chi connectivity index (χ4n) is 1.44. The van der Waals surface area contributed by atoms with Crippen molar-refractivity contribution in [3.8, 4) is 11.5 Å². The number of hydrogen-bond acceptors (Lipinski definition) is 6. The van der Waals surface area contributed by atoms with Crippen molar-refractivity contribution < 1.29 is 28.2 Å². The molecule has 0 heterocycles. The van der Waals surface area contributed by atoms with E-state index in [0.717, 1.165) is 19.2 Å². The molecule has 1 aromatic rings. The Labute approximate surface area is 109 Å². The van der Waals surface area contributed by atoms with Crippen LogP contribution in [0.1, 0.15) is 10.4 Å². The molecule has 1 aromatic carbocycles. The van der Waals surface area contributed by atoms with Crippen LogP contribution in [0.15, 0.2) is 12.1 Å². The summed E-state index contributed by atoms with van der Waals surface area (Å²) in [5, 5.41) is 0. The predicted molar refractivity (Wildman–Crippen MR) is 63.8 cm³/mol. The topological polar surface area (TPSA) is 87.9 Å². The lowest BCUT2D eigenvalue weighted by Crippen LogP contribution is -2.39. The number of halogens is 1. The first-order chi connectivity index (χ1) is 8.96. The molecule has 1 unspecified atom stereocenters. The van der Waals surface area contributed by atoms with Crippen LogP contribution < -0.4 is 15.2 Å². The number of esters is 1. The van der Waals surface area contributed by atoms with Crippen LogP contribution in [-0.4, -0.2) is 39.1 Å². The van der Waals surface area contributed by atoms with E-state index in [9.17, 15) is 14.0 Å². The van der Waals surface area contributed by atoms with Gasteiger partial charge < -0.3 is 19.9 Å². The second-order valence-electron chi connectivity index (χ2n) is 3.55. The number of carbonyl (C=O) groups excluding carboxylic acids is 2. The summed E-state index contributed by atoms with van der Waals surface area (Å²) in [7, 11) is 3.75. The van der Waals surface area contributed by atoms with Crippen molar-refractivity contribution in [3.63, 3.8) is 0 Å². The van der Waals surface area contributed by atoms with E-state index in [2.05, 4.69) is 4.74 Å². The highest BCUT2D eigenvalue weighted by atomic mass is 19.1. The molecule has 19 heavy (non-hydrogen) atoms. The molecular weight excluding hydrogens is 257 g/mol. The Balaban J connectivity index is 3.20. The van der Waals surface area contributed by atoms with Crippen molar-refractivity contribution in [2.45, 2.75) is 6.04 Å². The van der Waals surface area contributed by atoms with Gasteiger partial charge in [0.15, 0.2) is 23.3 Å². The fraction of sp³-hybridized carbons (Fsp3) is 0.333. The van der Waals surface area contributed by atoms with Crippen LogP contribution in [0.2, 0.25) is 0 Å². The Kier molecular flexibility index (Phi) is 4.82. The van der Waals surface area contributed by atoms with Gasteiger partial charge in [0.25, 0.3) is 0 Å². The number of carbonyl (C=O) groups is 2. The third-order valence-electron chi connectivity index (χ3n) is 2.48. The molecule has 7 heteroatoms. The average molecular weight is 271 g/mol. The molecule has 1 atom stereocenters. The van der Waals surface area contributed by atoms with Gasteiger partial charge in [-0.25, -0.2) is 9.18 Å². The summed E-state index contributed by atoms with van der Waals surface area (Å²) in [6.07, 6.45) is 0. The number of Topliss-reactive ketones (excluding diaryl/α,β-unsaturated/α-hetero) is 1. The molecule has 0 radical (unpaired) electrons. The van der Waals surface area contributed by atoms with E-state index < -0.39 is 23.6 Å². The smallest absolute Gasteiger partial charge is 0.330 e. The number of ether oxygens (including phenoxy) is 3. The van der Waals surface area contributed by atoms with Crippen LogP contribution in [0.3, 0.4) is 0 Å². The zero-order valence-corrected chi connectivity index (χ0v) is 10.7. The van der Waals surface area contributed by atoms with Crippen molar-refractivity contribution in [2.75, 3.05) is 21.3 Å². The highest BCUT2D eigenvalue weighted by molar-refractivity contribution is 6.12. The molecule has 0 aromatic heterocycles. The van der Waals surface area contributed by atoms with Crippen molar-refractivity contribution in [1.82, 2.24) is 0 Å². The maximum Gasteiger partial charge on any atom is 0.330 e. The highest BCUT2D eigenvalue weighted by Gasteiger charge is 2.27. The van der Waals surface area contributed by atoms with Crippen LogP contribution >= 0.6 is 0 Å². The third-order valence-corrected chi connectivity index (χ3v) is 2.48. The van der Waals surface area contributed by atoms with Crippen LogP contribution in [0.25, 0.3) is 0 Å². The molecule has 0 saturated carbocycles. The summed E-state index contributed by atoms with van der Waals surface area (Å²) < 4.78 is 27.9. The summed E-state index contributed by atoms with van der Waals surface area (Å²) in [6, 6.07) is 0.521. The SMILES string of the molecule is COC(=O)C(N)C(=O)c1cc(OC)c(OC)cc1F. The lowest BCUT2D eigenvalue weighted by Gasteiger charge is -2.12. The minimum atomic E-state index is -1.59. The first-order valence-electron chi connectivity index (χ1n) is 5.25. The first-order valence-corrected chi connectivity index (χ1v) is 5.25. The number of methoxy groups -OCH3 is 3. The lowest BCUT2D eigenvalue weighted by molar-refractivity contribution is -0.140. The standard InChI is InChI=1S/C12H14FNO5/c1-17-8-4-6(7(13)5-9(8)18-2)11(15)10(14)12(16)19-3/h4-5,10H,14H2,1-3H3. The van der Waals surface area contributed by atoms with E-state index in [1.807, 2.05) is 0 Å². The summed E-state index contributed by atoms with van der Waals surface area (Å²) in [5.74, 6) is -2.42. The minimum Gasteiger partial charge on any atom is -0.493 e. The number of benzene rings is 1. The molecule has 6 nitrogen and oxygen atoms in total. The van der Waals surface area contributed by atoms with Crippen molar-refractivity contribution in [1.29, 1.82) is 0 Å². The van der Waals surface area contributed by atoms with Crippen LogP contribution in [-0.2, 0) is 9.53 Å². The highest BCUT2D eigenvalue weighted by Crippen LogP contribution is 2.30. The Hall–Kier alpha value is -2.15. The zero-order chi connectivity index (χ0) is 14.6. The van der Waals surface area contributed by atoms with Gasteiger partial charge in [0.2, 0.25) is 0 Å². The van der Waals surface area contributed by atoms with Gasteiger partial charge in [-0.2, -0.15) is 0 Å². The maximum atomic E-state index is 13.8. The second kappa shape index (κ2) is 6.14. The quantitative estimate of drug-likeness (QED) is 0.477. The van der Waals surface area contributed by atoms with Crippen LogP contribution in [0, 0.1) is 5.82 Å². The molecule has 0 aliphatic carbocycles. The minimum absolute atomic E-state index is 0.128. The monoisotopic (exact) mass is 271 g/mol. The van der Waals surface area contributed by atoms with E-state index in [1.165, 1.54) is 14.2 Å². The summed E-state index contributed by atoms with van der Waals surface area (Å²) in [4.78, 5) is 23.0. The Morgan fingerprint density at radius 1 is 1.16 bits per heavy atom. The molecule has 1 rings (SSSR count). The molecule has 0 amide bonds. The third kappa shape index (κ3) is 3.00. The van der Waals surface area contributed by atoms with Crippen LogP contribution in [0.4, 0.5) is 4.39 Å². The Bertz CT molecular complexity index is 503. The molecule has 0 saturated heterocycles. The fourth-order valence-corrected chi connectivity index (χ4v) is 1.44. The number of rotatable bonds is 5. The van der Waals surface area contributed by atoms with Gasteiger partial charge in [0.1, 0.15) is 5.82 Å². The maximum absolute atomic E-state index is 13.8. The van der Waals surface area contributed by atoms with Crippen molar-refractivity contribution in [3.05, 3.63) is 23.5 Å². The zero-order valence-electron chi connectivity index (χ0n) is 10.7. The average Bonchev–Trinajstić information content (AvgIpc) is 2.44. The van der Waals surface area contributed by atoms with E-state index >= 15 is 0 Å². The second-order valence-corrected chi connectivity index (χ2v) is 3.55. The molecule has 0 spiro atoms. The van der Waals surface area contributed by atoms with E-state index in [-0.39, 0.29) is 17.1 Å². The van der Waals surface area contributed by atoms with Gasteiger partial charge in [-0.15, -0.1) is 0 Å².